The number of nitrogen functional groups attached to an aromatic ring is 1. The molecule has 1 aromatic rings. The number of pyridine rings is 1. The highest BCUT2D eigenvalue weighted by molar-refractivity contribution is 5.56. The second-order valence-corrected chi connectivity index (χ2v) is 2.27. The predicted molar refractivity (Wildman–Crippen MR) is 41.1 cm³/mol. The summed E-state index contributed by atoms with van der Waals surface area (Å²) in [5.41, 5.74) is 2.74. The van der Waals surface area contributed by atoms with Crippen LogP contribution in [-0.2, 0) is 0 Å². The fraction of sp³-hybridized carbons (Fsp3) is 0.143. The van der Waals surface area contributed by atoms with Gasteiger partial charge in [-0.25, -0.2) is 8.78 Å². The normalized spacial score (nSPS) is 10.0. The number of nitrogens with one attached hydrogen (secondary N) is 1. The summed E-state index contributed by atoms with van der Waals surface area (Å²) in [4.78, 5) is 12.9. The third-order valence-corrected chi connectivity index (χ3v) is 1.49. The van der Waals surface area contributed by atoms with Gasteiger partial charge in [0.25, 0.3) is 12.0 Å². The predicted octanol–water partition coefficient (Wildman–Crippen LogP) is 0.766. The van der Waals surface area contributed by atoms with Gasteiger partial charge in [0, 0.05) is 6.20 Å². The molecule has 0 aliphatic carbocycles. The summed E-state index contributed by atoms with van der Waals surface area (Å²) in [5, 5.41) is 8.46. The molecular formula is C7H5F2N3O. The van der Waals surface area contributed by atoms with Crippen LogP contribution in [0.25, 0.3) is 0 Å². The lowest BCUT2D eigenvalue weighted by Crippen LogP contribution is -2.16. The van der Waals surface area contributed by atoms with E-state index in [0.29, 0.717) is 0 Å². The van der Waals surface area contributed by atoms with E-state index in [4.69, 9.17) is 11.0 Å². The van der Waals surface area contributed by atoms with Crippen LogP contribution in [0.4, 0.5) is 14.5 Å². The van der Waals surface area contributed by atoms with Gasteiger partial charge < -0.3 is 10.7 Å². The zero-order valence-corrected chi connectivity index (χ0v) is 6.34. The lowest BCUT2D eigenvalue weighted by molar-refractivity contribution is 0.149. The quantitative estimate of drug-likeness (QED) is 0.677. The molecule has 0 saturated heterocycles. The molecule has 0 unspecified atom stereocenters. The van der Waals surface area contributed by atoms with Crippen molar-refractivity contribution in [2.45, 2.75) is 6.43 Å². The summed E-state index contributed by atoms with van der Waals surface area (Å²) in [7, 11) is 0. The second-order valence-electron chi connectivity index (χ2n) is 2.27. The average Bonchev–Trinajstić information content (AvgIpc) is 2.07. The Morgan fingerprint density at radius 1 is 1.62 bits per heavy atom. The molecule has 0 bridgehead atoms. The fourth-order valence-electron chi connectivity index (χ4n) is 0.895. The average molecular weight is 185 g/mol. The largest absolute Gasteiger partial charge is 0.396 e. The molecule has 13 heavy (non-hydrogen) atoms. The van der Waals surface area contributed by atoms with Crippen LogP contribution < -0.4 is 11.3 Å². The Bertz CT molecular complexity index is 419. The zero-order valence-electron chi connectivity index (χ0n) is 6.34. The maximum Gasteiger partial charge on any atom is 0.270 e. The Labute approximate surface area is 71.6 Å². The van der Waals surface area contributed by atoms with E-state index in [1.807, 2.05) is 4.98 Å². The van der Waals surface area contributed by atoms with Gasteiger partial charge in [-0.15, -0.1) is 0 Å². The van der Waals surface area contributed by atoms with E-state index in [-0.39, 0.29) is 5.69 Å². The monoisotopic (exact) mass is 185 g/mol. The first kappa shape index (κ1) is 9.19. The highest BCUT2D eigenvalue weighted by Crippen LogP contribution is 2.21. The number of nitriles is 1. The number of alkyl halides is 2. The van der Waals surface area contributed by atoms with Crippen LogP contribution in [0.15, 0.2) is 11.0 Å². The maximum absolute atomic E-state index is 12.2. The molecule has 0 fully saturated rings. The molecule has 0 saturated carbocycles. The molecule has 1 aromatic heterocycles. The summed E-state index contributed by atoms with van der Waals surface area (Å²) in [5.74, 6) is 0. The third-order valence-electron chi connectivity index (χ3n) is 1.49. The summed E-state index contributed by atoms with van der Waals surface area (Å²) >= 11 is 0. The summed E-state index contributed by atoms with van der Waals surface area (Å²) in [6.07, 6.45) is -1.98. The van der Waals surface area contributed by atoms with Gasteiger partial charge in [-0.3, -0.25) is 4.79 Å². The van der Waals surface area contributed by atoms with Crippen molar-refractivity contribution in [3.63, 3.8) is 0 Å². The maximum atomic E-state index is 12.2. The number of H-pyrrole nitrogens is 1. The van der Waals surface area contributed by atoms with Crippen LogP contribution in [0, 0.1) is 11.3 Å². The number of nitrogens with zero attached hydrogens (tertiary/aromatic N) is 1. The van der Waals surface area contributed by atoms with E-state index in [1.54, 1.807) is 0 Å². The van der Waals surface area contributed by atoms with Crippen LogP contribution in [0.1, 0.15) is 17.6 Å². The number of rotatable bonds is 1. The number of halogens is 2. The molecule has 0 aromatic carbocycles. The molecule has 1 heterocycles. The van der Waals surface area contributed by atoms with Gasteiger partial charge in [-0.1, -0.05) is 0 Å². The van der Waals surface area contributed by atoms with Crippen molar-refractivity contribution < 1.29 is 8.78 Å². The van der Waals surface area contributed by atoms with Crippen molar-refractivity contribution in [2.75, 3.05) is 5.73 Å². The number of nitrogens with two attached hydrogens (primary N) is 1. The Hall–Kier alpha value is -1.90. The number of aromatic nitrogens is 1. The van der Waals surface area contributed by atoms with Gasteiger partial charge in [-0.2, -0.15) is 5.26 Å². The van der Waals surface area contributed by atoms with Crippen LogP contribution >= 0.6 is 0 Å². The Morgan fingerprint density at radius 3 is 2.62 bits per heavy atom. The third kappa shape index (κ3) is 1.49. The Balaban J connectivity index is 3.56. The van der Waals surface area contributed by atoms with Gasteiger partial charge in [-0.05, 0) is 0 Å². The van der Waals surface area contributed by atoms with Gasteiger partial charge in [0.05, 0.1) is 11.3 Å². The summed E-state index contributed by atoms with van der Waals surface area (Å²) in [6, 6.07) is 1.46. The Kier molecular flexibility index (Phi) is 2.28. The minimum Gasteiger partial charge on any atom is -0.396 e. The number of hydrogen-bond acceptors (Lipinski definition) is 3. The van der Waals surface area contributed by atoms with Crippen LogP contribution in [0.2, 0.25) is 0 Å². The molecule has 0 amide bonds. The van der Waals surface area contributed by atoms with Crippen molar-refractivity contribution in [1.82, 2.24) is 4.98 Å². The van der Waals surface area contributed by atoms with Crippen molar-refractivity contribution in [2.24, 2.45) is 0 Å². The zero-order chi connectivity index (χ0) is 10.0. The van der Waals surface area contributed by atoms with E-state index in [2.05, 4.69) is 0 Å². The van der Waals surface area contributed by atoms with Gasteiger partial charge in [0.15, 0.2) is 0 Å². The summed E-state index contributed by atoms with van der Waals surface area (Å²) < 4.78 is 24.5. The first-order valence-corrected chi connectivity index (χ1v) is 3.27. The van der Waals surface area contributed by atoms with Crippen LogP contribution in [-0.4, -0.2) is 4.98 Å². The summed E-state index contributed by atoms with van der Waals surface area (Å²) in [6.45, 7) is 0. The van der Waals surface area contributed by atoms with Crippen molar-refractivity contribution in [1.29, 1.82) is 5.26 Å². The number of aromatic amines is 1. The lowest BCUT2D eigenvalue weighted by Gasteiger charge is -2.02. The molecule has 3 N–H and O–H groups in total. The molecule has 6 heteroatoms. The van der Waals surface area contributed by atoms with Crippen molar-refractivity contribution in [3.05, 3.63) is 27.7 Å². The first-order valence-electron chi connectivity index (χ1n) is 3.27. The number of hydrogen-bond donors (Lipinski definition) is 2. The van der Waals surface area contributed by atoms with E-state index < -0.39 is 23.1 Å². The number of anilines is 1. The van der Waals surface area contributed by atoms with Crippen molar-refractivity contribution >= 4 is 5.69 Å². The lowest BCUT2D eigenvalue weighted by atomic mass is 10.1. The molecule has 68 valence electrons. The SMILES string of the molecule is N#Cc1c(N)c[nH]c(=O)c1C(F)F. The van der Waals surface area contributed by atoms with E-state index in [1.165, 1.54) is 6.07 Å². The van der Waals surface area contributed by atoms with Gasteiger partial charge in [0.2, 0.25) is 0 Å². The molecule has 0 aliphatic rings. The standard InChI is InChI=1S/C7H5F2N3O/c8-6(9)5-3(1-10)4(11)2-12-7(5)13/h2,6H,11H2,(H,12,13). The van der Waals surface area contributed by atoms with Gasteiger partial charge in [0.1, 0.15) is 11.6 Å². The van der Waals surface area contributed by atoms with E-state index in [9.17, 15) is 13.6 Å². The topological polar surface area (TPSA) is 82.7 Å². The Morgan fingerprint density at radius 2 is 2.23 bits per heavy atom. The van der Waals surface area contributed by atoms with Crippen molar-refractivity contribution in [3.8, 4) is 6.07 Å². The highest BCUT2D eigenvalue weighted by atomic mass is 19.3. The minimum absolute atomic E-state index is 0.155. The molecule has 0 spiro atoms. The van der Waals surface area contributed by atoms with Crippen LogP contribution in [0.3, 0.4) is 0 Å². The molecule has 4 nitrogen and oxygen atoms in total. The second kappa shape index (κ2) is 3.23. The molecule has 0 atom stereocenters. The molecule has 0 radical (unpaired) electrons. The van der Waals surface area contributed by atoms with E-state index >= 15 is 0 Å². The van der Waals surface area contributed by atoms with E-state index in [0.717, 1.165) is 6.20 Å². The van der Waals surface area contributed by atoms with Crippen LogP contribution in [0.5, 0.6) is 0 Å². The fourth-order valence-corrected chi connectivity index (χ4v) is 0.895. The molecule has 1 rings (SSSR count). The highest BCUT2D eigenvalue weighted by Gasteiger charge is 2.19. The minimum atomic E-state index is -3.00. The molecule has 0 aliphatic heterocycles. The smallest absolute Gasteiger partial charge is 0.270 e. The van der Waals surface area contributed by atoms with Gasteiger partial charge >= 0.3 is 0 Å². The first-order chi connectivity index (χ1) is 6.07. The molecular weight excluding hydrogens is 180 g/mol.